The molecule has 0 N–H and O–H groups in total. The first kappa shape index (κ1) is 28.0. The average molecular weight is 602 g/mol. The Labute approximate surface area is 255 Å². The summed E-state index contributed by atoms with van der Waals surface area (Å²) in [6.45, 7) is 8.19. The van der Waals surface area contributed by atoms with E-state index in [-0.39, 0.29) is 12.7 Å². The molecule has 3 aromatic carbocycles. The topological polar surface area (TPSA) is 58.0 Å². The Hall–Kier alpha value is -3.85. The normalized spacial score (nSPS) is 20.0. The molecule has 1 aromatic heterocycles. The summed E-state index contributed by atoms with van der Waals surface area (Å²) >= 11 is 5.97. The molecule has 7 nitrogen and oxygen atoms in total. The van der Waals surface area contributed by atoms with Gasteiger partial charge < -0.3 is 23.5 Å². The molecular formula is C34H33ClFN3O4. The maximum atomic E-state index is 14.7. The lowest BCUT2D eigenvalue weighted by Crippen LogP contribution is -2.33. The molecule has 7 rings (SSSR count). The number of benzene rings is 3. The Kier molecular flexibility index (Phi) is 7.59. The van der Waals surface area contributed by atoms with Crippen LogP contribution in [0.2, 0.25) is 5.02 Å². The number of ether oxygens (including phenoxy) is 4. The molecule has 222 valence electrons. The van der Waals surface area contributed by atoms with Crippen molar-refractivity contribution in [2.24, 2.45) is 0 Å². The van der Waals surface area contributed by atoms with Crippen LogP contribution in [0.5, 0.6) is 11.5 Å². The van der Waals surface area contributed by atoms with Crippen molar-refractivity contribution in [2.75, 3.05) is 33.4 Å². The number of nitrogens with zero attached hydrogens (tertiary/aromatic N) is 3. The zero-order chi connectivity index (χ0) is 29.5. The average Bonchev–Trinajstić information content (AvgIpc) is 3.34. The lowest BCUT2D eigenvalue weighted by Gasteiger charge is -2.31. The third-order valence-electron chi connectivity index (χ3n) is 8.52. The van der Waals surface area contributed by atoms with Crippen molar-refractivity contribution in [3.8, 4) is 11.5 Å². The van der Waals surface area contributed by atoms with E-state index in [1.807, 2.05) is 30.3 Å². The van der Waals surface area contributed by atoms with Crippen molar-refractivity contribution in [1.82, 2.24) is 14.5 Å². The van der Waals surface area contributed by atoms with Crippen molar-refractivity contribution in [1.29, 1.82) is 0 Å². The predicted octanol–water partition coefficient (Wildman–Crippen LogP) is 7.04. The van der Waals surface area contributed by atoms with E-state index in [0.29, 0.717) is 27.8 Å². The molecule has 0 amide bonds. The van der Waals surface area contributed by atoms with E-state index in [1.165, 1.54) is 11.6 Å². The Morgan fingerprint density at radius 2 is 2.07 bits per heavy atom. The van der Waals surface area contributed by atoms with Crippen LogP contribution in [0, 0.1) is 5.82 Å². The van der Waals surface area contributed by atoms with E-state index >= 15 is 0 Å². The molecule has 0 radical (unpaired) electrons. The minimum atomic E-state index is -0.555. The highest BCUT2D eigenvalue weighted by Crippen LogP contribution is 2.43. The molecule has 1 fully saturated rings. The van der Waals surface area contributed by atoms with Gasteiger partial charge in [0.25, 0.3) is 0 Å². The molecule has 3 aliphatic rings. The van der Waals surface area contributed by atoms with Crippen molar-refractivity contribution in [3.63, 3.8) is 0 Å². The van der Waals surface area contributed by atoms with Crippen LogP contribution in [-0.4, -0.2) is 54.0 Å². The molecular weight excluding hydrogens is 569 g/mol. The van der Waals surface area contributed by atoms with E-state index in [9.17, 15) is 4.39 Å². The van der Waals surface area contributed by atoms with Gasteiger partial charge in [-0.3, -0.25) is 4.90 Å². The minimum Gasteiger partial charge on any atom is -0.497 e. The second-order valence-corrected chi connectivity index (χ2v) is 11.6. The maximum absolute atomic E-state index is 14.7. The Balaban J connectivity index is 1.11. The number of aromatic nitrogens is 2. The van der Waals surface area contributed by atoms with Crippen molar-refractivity contribution < 1.29 is 23.3 Å². The number of fused-ring (bicyclic) bond motifs is 2. The molecule has 1 saturated heterocycles. The number of hydrogen-bond acceptors (Lipinski definition) is 6. The maximum Gasteiger partial charge on any atom is 0.169 e. The minimum absolute atomic E-state index is 0.204. The van der Waals surface area contributed by atoms with Crippen LogP contribution in [0.1, 0.15) is 41.5 Å². The van der Waals surface area contributed by atoms with Gasteiger partial charge in [-0.1, -0.05) is 42.5 Å². The summed E-state index contributed by atoms with van der Waals surface area (Å²) in [5.41, 5.74) is 5.57. The zero-order valence-corrected chi connectivity index (χ0v) is 24.8. The molecule has 1 unspecified atom stereocenters. The standard InChI is InChI=1S/C34H33ClFN3O4/c1-21(40-2)23-6-9-29-30(16-23)39(18-25-12-15-41-25)33(37-29)19-38-13-10-22(11-14-38)26-4-3-5-31-34(26)43-32(20-42-31)27-8-7-24(35)17-28(27)36/h3-10,16-17,25,32H,1,11-15,18-20H2,2H3/t25-,32?/m0/s1. The van der Waals surface area contributed by atoms with Gasteiger partial charge in [-0.05, 0) is 54.8 Å². The Morgan fingerprint density at radius 3 is 2.81 bits per heavy atom. The fourth-order valence-electron chi connectivity index (χ4n) is 5.98. The summed E-state index contributed by atoms with van der Waals surface area (Å²) in [4.78, 5) is 7.43. The number of halogens is 2. The van der Waals surface area contributed by atoms with Crippen molar-refractivity contribution in [3.05, 3.63) is 101 Å². The molecule has 0 bridgehead atoms. The largest absolute Gasteiger partial charge is 0.497 e. The Morgan fingerprint density at radius 1 is 1.19 bits per heavy atom. The summed E-state index contributed by atoms with van der Waals surface area (Å²) in [6, 6.07) is 16.7. The smallest absolute Gasteiger partial charge is 0.169 e. The molecule has 4 aromatic rings. The highest BCUT2D eigenvalue weighted by Gasteiger charge is 2.29. The van der Waals surface area contributed by atoms with Gasteiger partial charge in [-0.2, -0.15) is 0 Å². The van der Waals surface area contributed by atoms with Crippen LogP contribution in [0.3, 0.4) is 0 Å². The van der Waals surface area contributed by atoms with Crippen LogP contribution in [0.25, 0.3) is 22.4 Å². The van der Waals surface area contributed by atoms with Gasteiger partial charge in [-0.25, -0.2) is 9.37 Å². The molecule has 4 heterocycles. The summed E-state index contributed by atoms with van der Waals surface area (Å²) in [7, 11) is 1.64. The van der Waals surface area contributed by atoms with E-state index in [4.69, 9.17) is 35.5 Å². The SMILES string of the molecule is C=C(OC)c1ccc2nc(CN3CC=C(c4cccc5c4OC(c4ccc(Cl)cc4F)CO5)CC3)n(C[C@@H]3CCO3)c2c1. The fraction of sp³-hybridized carbons (Fsp3) is 0.324. The van der Waals surface area contributed by atoms with Gasteiger partial charge in [-0.15, -0.1) is 0 Å². The second kappa shape index (κ2) is 11.7. The molecule has 43 heavy (non-hydrogen) atoms. The van der Waals surface area contributed by atoms with Gasteiger partial charge in [0.1, 0.15) is 24.0 Å². The highest BCUT2D eigenvalue weighted by molar-refractivity contribution is 6.30. The number of rotatable bonds is 8. The first-order chi connectivity index (χ1) is 21.0. The van der Waals surface area contributed by atoms with Crippen LogP contribution in [0.15, 0.2) is 67.3 Å². The molecule has 2 atom stereocenters. The second-order valence-electron chi connectivity index (χ2n) is 11.2. The van der Waals surface area contributed by atoms with Gasteiger partial charge in [0.15, 0.2) is 17.6 Å². The van der Waals surface area contributed by atoms with Crippen LogP contribution in [0.4, 0.5) is 4.39 Å². The first-order valence-corrected chi connectivity index (χ1v) is 15.0. The van der Waals surface area contributed by atoms with Crippen LogP contribution >= 0.6 is 11.6 Å². The summed E-state index contributed by atoms with van der Waals surface area (Å²) in [6.07, 6.45) is 3.79. The lowest BCUT2D eigenvalue weighted by molar-refractivity contribution is -0.0591. The first-order valence-electron chi connectivity index (χ1n) is 14.6. The highest BCUT2D eigenvalue weighted by atomic mass is 35.5. The lowest BCUT2D eigenvalue weighted by atomic mass is 9.97. The number of methoxy groups -OCH3 is 1. The molecule has 0 spiro atoms. The van der Waals surface area contributed by atoms with Crippen LogP contribution in [-0.2, 0) is 22.6 Å². The quantitative estimate of drug-likeness (QED) is 0.202. The van der Waals surface area contributed by atoms with E-state index in [0.717, 1.165) is 73.6 Å². The zero-order valence-electron chi connectivity index (χ0n) is 24.0. The van der Waals surface area contributed by atoms with Crippen LogP contribution < -0.4 is 9.47 Å². The summed E-state index contributed by atoms with van der Waals surface area (Å²) < 4.78 is 40.6. The van der Waals surface area contributed by atoms with Gasteiger partial charge in [0, 0.05) is 41.4 Å². The summed E-state index contributed by atoms with van der Waals surface area (Å²) in [5.74, 6) is 2.58. The van der Waals surface area contributed by atoms with Gasteiger partial charge in [0.2, 0.25) is 0 Å². The van der Waals surface area contributed by atoms with E-state index in [1.54, 1.807) is 19.2 Å². The number of imidazole rings is 1. The predicted molar refractivity (Wildman–Crippen MR) is 165 cm³/mol. The fourth-order valence-corrected chi connectivity index (χ4v) is 6.14. The summed E-state index contributed by atoms with van der Waals surface area (Å²) in [5, 5.41) is 0.352. The van der Waals surface area contributed by atoms with Gasteiger partial charge in [0.05, 0.1) is 37.3 Å². The molecule has 0 aliphatic carbocycles. The number of hydrogen-bond donors (Lipinski definition) is 0. The molecule has 9 heteroatoms. The van der Waals surface area contributed by atoms with E-state index in [2.05, 4.69) is 28.2 Å². The third kappa shape index (κ3) is 5.51. The van der Waals surface area contributed by atoms with E-state index < -0.39 is 11.9 Å². The number of para-hydroxylation sites is 1. The third-order valence-corrected chi connectivity index (χ3v) is 8.75. The van der Waals surface area contributed by atoms with Crippen molar-refractivity contribution >= 4 is 34.0 Å². The van der Waals surface area contributed by atoms with Crippen molar-refractivity contribution in [2.45, 2.75) is 38.1 Å². The monoisotopic (exact) mass is 601 g/mol. The molecule has 0 saturated carbocycles. The van der Waals surface area contributed by atoms with Gasteiger partial charge >= 0.3 is 0 Å². The Bertz CT molecular complexity index is 1730. The molecule has 3 aliphatic heterocycles.